The molecule has 0 aliphatic heterocycles. The summed E-state index contributed by atoms with van der Waals surface area (Å²) < 4.78 is 10.4. The number of carbonyl (C=O) groups excluding carboxylic acids is 1. The molecule has 0 saturated carbocycles. The van der Waals surface area contributed by atoms with Crippen molar-refractivity contribution in [1.82, 2.24) is 5.32 Å². The maximum atomic E-state index is 12.1. The number of nitrogens with one attached hydrogen (secondary N) is 1. The molecule has 1 aromatic heterocycles. The summed E-state index contributed by atoms with van der Waals surface area (Å²) in [5.74, 6) is 2.95. The molecule has 0 saturated heterocycles. The second-order valence-corrected chi connectivity index (χ2v) is 6.60. The number of ether oxygens (including phenoxy) is 2. The molecule has 1 heterocycles. The zero-order valence-corrected chi connectivity index (χ0v) is 14.3. The van der Waals surface area contributed by atoms with Crippen LogP contribution in [0.1, 0.15) is 15.2 Å². The molecule has 0 spiro atoms. The number of thiophene rings is 1. The van der Waals surface area contributed by atoms with E-state index in [0.29, 0.717) is 23.6 Å². The highest BCUT2D eigenvalue weighted by Crippen LogP contribution is 2.27. The van der Waals surface area contributed by atoms with Gasteiger partial charge in [-0.3, -0.25) is 4.79 Å². The smallest absolute Gasteiger partial charge is 0.251 e. The molecule has 1 aromatic carbocycles. The lowest BCUT2D eigenvalue weighted by Crippen LogP contribution is -2.25. The summed E-state index contributed by atoms with van der Waals surface area (Å²) in [6.45, 7) is 0.642. The predicted molar refractivity (Wildman–Crippen MR) is 92.4 cm³/mol. The minimum absolute atomic E-state index is 0.0994. The first kappa shape index (κ1) is 16.7. The average molecular weight is 337 g/mol. The lowest BCUT2D eigenvalue weighted by molar-refractivity contribution is 0.0956. The normalized spacial score (nSPS) is 10.3. The van der Waals surface area contributed by atoms with Gasteiger partial charge in [-0.2, -0.15) is 11.8 Å². The minimum Gasteiger partial charge on any atom is -0.493 e. The molecule has 4 nitrogen and oxygen atoms in total. The zero-order valence-electron chi connectivity index (χ0n) is 12.6. The highest BCUT2D eigenvalue weighted by Gasteiger charge is 2.10. The van der Waals surface area contributed by atoms with E-state index in [0.717, 1.165) is 11.5 Å². The van der Waals surface area contributed by atoms with Gasteiger partial charge in [0.25, 0.3) is 5.91 Å². The van der Waals surface area contributed by atoms with Gasteiger partial charge in [0.15, 0.2) is 11.5 Å². The van der Waals surface area contributed by atoms with Crippen molar-refractivity contribution in [3.8, 4) is 11.5 Å². The largest absolute Gasteiger partial charge is 0.493 e. The van der Waals surface area contributed by atoms with Gasteiger partial charge in [-0.25, -0.2) is 0 Å². The van der Waals surface area contributed by atoms with Crippen LogP contribution in [0.5, 0.6) is 11.5 Å². The fourth-order valence-corrected chi connectivity index (χ4v) is 3.58. The molecule has 1 N–H and O–H groups in total. The fourth-order valence-electron chi connectivity index (χ4n) is 1.88. The molecule has 1 amide bonds. The minimum atomic E-state index is -0.0994. The van der Waals surface area contributed by atoms with Crippen LogP contribution in [0, 0.1) is 0 Å². The van der Waals surface area contributed by atoms with Crippen LogP contribution in [-0.2, 0) is 5.75 Å². The number of hydrogen-bond acceptors (Lipinski definition) is 5. The van der Waals surface area contributed by atoms with Crippen LogP contribution in [0.3, 0.4) is 0 Å². The summed E-state index contributed by atoms with van der Waals surface area (Å²) in [5.41, 5.74) is 0.570. The van der Waals surface area contributed by atoms with Gasteiger partial charge in [0, 0.05) is 28.5 Å². The van der Waals surface area contributed by atoms with Gasteiger partial charge in [-0.1, -0.05) is 6.07 Å². The van der Waals surface area contributed by atoms with Crippen molar-refractivity contribution in [3.63, 3.8) is 0 Å². The Balaban J connectivity index is 1.77. The first-order valence-corrected chi connectivity index (χ1v) is 8.88. The van der Waals surface area contributed by atoms with Gasteiger partial charge in [0.05, 0.1) is 14.2 Å². The Morgan fingerprint density at radius 2 is 2.05 bits per heavy atom. The quantitative estimate of drug-likeness (QED) is 0.750. The van der Waals surface area contributed by atoms with E-state index < -0.39 is 0 Å². The van der Waals surface area contributed by atoms with Gasteiger partial charge >= 0.3 is 0 Å². The van der Waals surface area contributed by atoms with E-state index in [2.05, 4.69) is 22.8 Å². The number of amides is 1. The molecule has 2 rings (SSSR count). The van der Waals surface area contributed by atoms with Crippen molar-refractivity contribution >= 4 is 29.0 Å². The van der Waals surface area contributed by atoms with Crippen molar-refractivity contribution in [2.24, 2.45) is 0 Å². The van der Waals surface area contributed by atoms with Crippen molar-refractivity contribution in [3.05, 3.63) is 46.2 Å². The molecule has 22 heavy (non-hydrogen) atoms. The van der Waals surface area contributed by atoms with Crippen molar-refractivity contribution in [2.75, 3.05) is 26.5 Å². The summed E-state index contributed by atoms with van der Waals surface area (Å²) in [6, 6.07) is 9.33. The number of benzene rings is 1. The molecule has 0 atom stereocenters. The van der Waals surface area contributed by atoms with E-state index in [1.807, 2.05) is 11.8 Å². The SMILES string of the molecule is COc1ccc(C(=O)NCCSCc2cccs2)cc1OC. The monoisotopic (exact) mass is 337 g/mol. The maximum Gasteiger partial charge on any atom is 0.251 e. The predicted octanol–water partition coefficient (Wildman–Crippen LogP) is 3.43. The van der Waals surface area contributed by atoms with Gasteiger partial charge in [-0.15, -0.1) is 11.3 Å². The number of hydrogen-bond donors (Lipinski definition) is 1. The molecule has 2 aromatic rings. The third-order valence-corrected chi connectivity index (χ3v) is 5.07. The number of carbonyl (C=O) groups is 1. The molecule has 6 heteroatoms. The third kappa shape index (κ3) is 4.68. The van der Waals surface area contributed by atoms with Gasteiger partial charge in [-0.05, 0) is 29.6 Å². The summed E-state index contributed by atoms with van der Waals surface area (Å²) in [7, 11) is 3.13. The van der Waals surface area contributed by atoms with E-state index in [-0.39, 0.29) is 5.91 Å². The topological polar surface area (TPSA) is 47.6 Å². The number of thioether (sulfide) groups is 1. The van der Waals surface area contributed by atoms with Crippen molar-refractivity contribution < 1.29 is 14.3 Å². The average Bonchev–Trinajstić information content (AvgIpc) is 3.07. The number of rotatable bonds is 8. The Hall–Kier alpha value is -1.66. The van der Waals surface area contributed by atoms with Crippen LogP contribution in [0.25, 0.3) is 0 Å². The molecule has 0 radical (unpaired) electrons. The summed E-state index contributed by atoms with van der Waals surface area (Å²) in [5, 5.41) is 4.99. The molecule has 0 fully saturated rings. The first-order valence-electron chi connectivity index (χ1n) is 6.85. The molecule has 0 aliphatic carbocycles. The van der Waals surface area contributed by atoms with Gasteiger partial charge in [0.2, 0.25) is 0 Å². The third-order valence-electron chi connectivity index (χ3n) is 3.00. The van der Waals surface area contributed by atoms with Crippen LogP contribution < -0.4 is 14.8 Å². The molecular weight excluding hydrogens is 318 g/mol. The van der Waals surface area contributed by atoms with Gasteiger partial charge < -0.3 is 14.8 Å². The second-order valence-electron chi connectivity index (χ2n) is 4.46. The highest BCUT2D eigenvalue weighted by molar-refractivity contribution is 7.98. The molecule has 0 unspecified atom stereocenters. The van der Waals surface area contributed by atoms with E-state index in [4.69, 9.17) is 9.47 Å². The summed E-state index contributed by atoms with van der Waals surface area (Å²) in [6.07, 6.45) is 0. The Morgan fingerprint density at radius 3 is 2.73 bits per heavy atom. The standard InChI is InChI=1S/C16H19NO3S2/c1-19-14-6-5-12(10-15(14)20-2)16(18)17-7-9-21-11-13-4-3-8-22-13/h3-6,8,10H,7,9,11H2,1-2H3,(H,17,18). The van der Waals surface area contributed by atoms with Crippen LogP contribution in [-0.4, -0.2) is 32.4 Å². The Labute approximate surface area is 138 Å². The first-order chi connectivity index (χ1) is 10.7. The lowest BCUT2D eigenvalue weighted by Gasteiger charge is -2.10. The Morgan fingerprint density at radius 1 is 1.23 bits per heavy atom. The van der Waals surface area contributed by atoms with Crippen molar-refractivity contribution in [1.29, 1.82) is 0 Å². The van der Waals surface area contributed by atoms with E-state index in [9.17, 15) is 4.79 Å². The van der Waals surface area contributed by atoms with Crippen molar-refractivity contribution in [2.45, 2.75) is 5.75 Å². The molecule has 0 aliphatic rings. The Bertz CT molecular complexity index is 599. The number of methoxy groups -OCH3 is 2. The van der Waals surface area contributed by atoms with Crippen LogP contribution >= 0.6 is 23.1 Å². The fraction of sp³-hybridized carbons (Fsp3) is 0.312. The highest BCUT2D eigenvalue weighted by atomic mass is 32.2. The van der Waals surface area contributed by atoms with E-state index in [1.165, 1.54) is 4.88 Å². The Kier molecular flexibility index (Phi) is 6.61. The van der Waals surface area contributed by atoms with Crippen LogP contribution in [0.4, 0.5) is 0 Å². The van der Waals surface area contributed by atoms with Crippen LogP contribution in [0.15, 0.2) is 35.7 Å². The van der Waals surface area contributed by atoms with Gasteiger partial charge in [0.1, 0.15) is 0 Å². The van der Waals surface area contributed by atoms with Crippen LogP contribution in [0.2, 0.25) is 0 Å². The summed E-state index contributed by atoms with van der Waals surface area (Å²) >= 11 is 3.57. The molecular formula is C16H19NO3S2. The van der Waals surface area contributed by atoms with E-state index >= 15 is 0 Å². The lowest BCUT2D eigenvalue weighted by atomic mass is 10.2. The summed E-state index contributed by atoms with van der Waals surface area (Å²) in [4.78, 5) is 13.4. The maximum absolute atomic E-state index is 12.1. The molecule has 0 bridgehead atoms. The van der Waals surface area contributed by atoms with E-state index in [1.54, 1.807) is 43.8 Å². The zero-order chi connectivity index (χ0) is 15.8. The molecule has 118 valence electrons. The second kappa shape index (κ2) is 8.70.